The van der Waals surface area contributed by atoms with Crippen LogP contribution in [0.1, 0.15) is 40.9 Å². The van der Waals surface area contributed by atoms with Crippen LogP contribution in [0.5, 0.6) is 0 Å². The Kier molecular flexibility index (Phi) is 5.83. The highest BCUT2D eigenvalue weighted by Crippen LogP contribution is 2.35. The number of halogens is 1. The summed E-state index contributed by atoms with van der Waals surface area (Å²) in [5.74, 6) is -0.546. The first kappa shape index (κ1) is 20.4. The van der Waals surface area contributed by atoms with Crippen molar-refractivity contribution in [2.45, 2.75) is 30.7 Å². The molecule has 2 aromatic carbocycles. The van der Waals surface area contributed by atoms with Gasteiger partial charge in [0.2, 0.25) is 0 Å². The lowest BCUT2D eigenvalue weighted by Crippen LogP contribution is -2.36. The molecule has 0 saturated heterocycles. The van der Waals surface area contributed by atoms with Crippen LogP contribution in [0.4, 0.5) is 4.39 Å². The van der Waals surface area contributed by atoms with Crippen LogP contribution >= 0.6 is 0 Å². The molecule has 0 aromatic heterocycles. The maximum atomic E-state index is 14.1. The lowest BCUT2D eigenvalue weighted by molar-refractivity contribution is -0.0258. The molecule has 6 nitrogen and oxygen atoms in total. The molecule has 150 valence electrons. The van der Waals surface area contributed by atoms with Crippen LogP contribution < -0.4 is 5.32 Å². The number of carbonyl (C=O) groups excluding carboxylic acids is 1. The van der Waals surface area contributed by atoms with E-state index in [4.69, 9.17) is 4.84 Å². The molecule has 0 bridgehead atoms. The van der Waals surface area contributed by atoms with Gasteiger partial charge in [-0.15, -0.1) is 0 Å². The van der Waals surface area contributed by atoms with E-state index in [2.05, 4.69) is 5.32 Å². The zero-order valence-corrected chi connectivity index (χ0v) is 16.8. The van der Waals surface area contributed by atoms with E-state index in [0.29, 0.717) is 12.0 Å². The smallest absolute Gasteiger partial charge is 0.264 e. The molecule has 0 radical (unpaired) electrons. The lowest BCUT2D eigenvalue weighted by atomic mass is 9.80. The van der Waals surface area contributed by atoms with Gasteiger partial charge in [0, 0.05) is 12.6 Å². The number of nitrogens with one attached hydrogen (secondary N) is 1. The van der Waals surface area contributed by atoms with Crippen molar-refractivity contribution in [2.24, 2.45) is 5.92 Å². The third-order valence-corrected chi connectivity index (χ3v) is 6.86. The number of nitrogens with zero attached hydrogens (tertiary/aromatic N) is 1. The maximum Gasteiger partial charge on any atom is 0.264 e. The Bertz CT molecular complexity index is 993. The summed E-state index contributed by atoms with van der Waals surface area (Å²) >= 11 is 0. The summed E-state index contributed by atoms with van der Waals surface area (Å²) in [4.78, 5) is 17.5. The first-order valence-corrected chi connectivity index (χ1v) is 10.4. The van der Waals surface area contributed by atoms with Gasteiger partial charge in [-0.1, -0.05) is 29.6 Å². The van der Waals surface area contributed by atoms with E-state index in [0.717, 1.165) is 16.5 Å². The predicted molar refractivity (Wildman–Crippen MR) is 102 cm³/mol. The van der Waals surface area contributed by atoms with Crippen LogP contribution in [0.2, 0.25) is 0 Å². The number of fused-ring (bicyclic) bond motifs is 1. The normalized spacial score (nSPS) is 19.3. The quantitative estimate of drug-likeness (QED) is 0.775. The molecule has 1 N–H and O–H groups in total. The molecule has 0 spiro atoms. The number of sulfonamides is 1. The Hall–Kier alpha value is -2.29. The fraction of sp³-hybridized carbons (Fsp3) is 0.350. The number of amides is 1. The predicted octanol–water partition coefficient (Wildman–Crippen LogP) is 3.06. The van der Waals surface area contributed by atoms with Crippen LogP contribution in [0, 0.1) is 11.7 Å². The van der Waals surface area contributed by atoms with Crippen LogP contribution in [0.25, 0.3) is 0 Å². The molecular formula is C20H23FN2O4S. The molecule has 1 aliphatic rings. The zero-order valence-electron chi connectivity index (χ0n) is 16.0. The van der Waals surface area contributed by atoms with Gasteiger partial charge < -0.3 is 5.32 Å². The van der Waals surface area contributed by atoms with Crippen LogP contribution in [0.15, 0.2) is 47.4 Å². The van der Waals surface area contributed by atoms with Gasteiger partial charge in [0.15, 0.2) is 0 Å². The highest BCUT2D eigenvalue weighted by molar-refractivity contribution is 7.89. The highest BCUT2D eigenvalue weighted by Gasteiger charge is 2.30. The molecule has 2 atom stereocenters. The first-order chi connectivity index (χ1) is 13.3. The van der Waals surface area contributed by atoms with Gasteiger partial charge in [-0.2, -0.15) is 0 Å². The second-order valence-electron chi connectivity index (χ2n) is 6.90. The zero-order chi connectivity index (χ0) is 20.5. The van der Waals surface area contributed by atoms with E-state index in [1.54, 1.807) is 12.1 Å². The third-order valence-electron chi connectivity index (χ3n) is 5.19. The second-order valence-corrected chi connectivity index (χ2v) is 8.84. The van der Waals surface area contributed by atoms with E-state index in [1.165, 1.54) is 38.4 Å². The largest absolute Gasteiger partial charge is 0.345 e. The monoisotopic (exact) mass is 406 g/mol. The van der Waals surface area contributed by atoms with Crippen molar-refractivity contribution >= 4 is 15.9 Å². The Labute approximate surface area is 164 Å². The molecule has 0 aliphatic heterocycles. The van der Waals surface area contributed by atoms with Gasteiger partial charge >= 0.3 is 0 Å². The number of hydrogen-bond acceptors (Lipinski definition) is 4. The fourth-order valence-electron chi connectivity index (χ4n) is 3.46. The molecule has 3 rings (SSSR count). The minimum absolute atomic E-state index is 0.0485. The molecule has 1 amide bonds. The van der Waals surface area contributed by atoms with Gasteiger partial charge in [-0.25, -0.2) is 12.8 Å². The summed E-state index contributed by atoms with van der Waals surface area (Å²) < 4.78 is 39.7. The Morgan fingerprint density at radius 3 is 2.68 bits per heavy atom. The number of carbonyl (C=O) groups is 1. The van der Waals surface area contributed by atoms with E-state index in [1.807, 2.05) is 13.0 Å². The minimum Gasteiger partial charge on any atom is -0.345 e. The van der Waals surface area contributed by atoms with Crippen molar-refractivity contribution < 1.29 is 22.4 Å². The van der Waals surface area contributed by atoms with Gasteiger partial charge in [0.25, 0.3) is 15.9 Å². The SMILES string of the molecule is CON(C)S(=O)(=O)c1cccc(C(=O)N[C@@H]2c3cccc(F)c3CC[C@@H]2C)c1. The van der Waals surface area contributed by atoms with Crippen molar-refractivity contribution in [1.29, 1.82) is 0 Å². The Morgan fingerprint density at radius 2 is 1.96 bits per heavy atom. The van der Waals surface area contributed by atoms with Crippen molar-refractivity contribution in [1.82, 2.24) is 9.79 Å². The average molecular weight is 406 g/mol. The summed E-state index contributed by atoms with van der Waals surface area (Å²) in [6.07, 6.45) is 1.39. The molecule has 28 heavy (non-hydrogen) atoms. The highest BCUT2D eigenvalue weighted by atomic mass is 32.2. The van der Waals surface area contributed by atoms with E-state index >= 15 is 0 Å². The number of hydrogen-bond donors (Lipinski definition) is 1. The molecular weight excluding hydrogens is 383 g/mol. The molecule has 8 heteroatoms. The van der Waals surface area contributed by atoms with E-state index in [9.17, 15) is 17.6 Å². The van der Waals surface area contributed by atoms with Gasteiger partial charge in [0.05, 0.1) is 18.0 Å². The van der Waals surface area contributed by atoms with Gasteiger partial charge in [0.1, 0.15) is 5.82 Å². The average Bonchev–Trinajstić information content (AvgIpc) is 2.69. The number of hydroxylamine groups is 1. The van der Waals surface area contributed by atoms with E-state index in [-0.39, 0.29) is 28.2 Å². The summed E-state index contributed by atoms with van der Waals surface area (Å²) in [6.45, 7) is 2.01. The molecule has 0 unspecified atom stereocenters. The van der Waals surface area contributed by atoms with Crippen molar-refractivity contribution in [2.75, 3.05) is 14.2 Å². The maximum absolute atomic E-state index is 14.1. The van der Waals surface area contributed by atoms with Gasteiger partial charge in [-0.3, -0.25) is 9.63 Å². The molecule has 2 aromatic rings. The molecule has 1 aliphatic carbocycles. The van der Waals surface area contributed by atoms with Crippen molar-refractivity contribution in [3.63, 3.8) is 0 Å². The fourth-order valence-corrected chi connectivity index (χ4v) is 4.48. The van der Waals surface area contributed by atoms with E-state index < -0.39 is 15.9 Å². The molecule has 0 fully saturated rings. The Balaban J connectivity index is 1.89. The van der Waals surface area contributed by atoms with Crippen LogP contribution in [-0.4, -0.2) is 33.0 Å². The number of benzene rings is 2. The topological polar surface area (TPSA) is 75.7 Å². The summed E-state index contributed by atoms with van der Waals surface area (Å²) in [7, 11) is -1.34. The van der Waals surface area contributed by atoms with Crippen molar-refractivity contribution in [3.05, 3.63) is 65.0 Å². The summed E-state index contributed by atoms with van der Waals surface area (Å²) in [5.41, 5.74) is 1.61. The van der Waals surface area contributed by atoms with Crippen molar-refractivity contribution in [3.8, 4) is 0 Å². The van der Waals surface area contributed by atoms with Crippen LogP contribution in [-0.2, 0) is 21.3 Å². The Morgan fingerprint density at radius 1 is 1.25 bits per heavy atom. The van der Waals surface area contributed by atoms with Crippen LogP contribution in [0.3, 0.4) is 0 Å². The first-order valence-electron chi connectivity index (χ1n) is 8.97. The third kappa shape index (κ3) is 3.80. The molecule has 0 heterocycles. The minimum atomic E-state index is -3.86. The standard InChI is InChI=1S/C20H23FN2O4S/c1-13-10-11-16-17(8-5-9-18(16)21)19(13)22-20(24)14-6-4-7-15(12-14)28(25,26)23(2)27-3/h4-9,12-13,19H,10-11H2,1-3H3,(H,22,24)/t13-,19-/m0/s1. The number of rotatable bonds is 5. The second kappa shape index (κ2) is 7.98. The summed E-state index contributed by atoms with van der Waals surface area (Å²) in [5, 5.41) is 2.94. The summed E-state index contributed by atoms with van der Waals surface area (Å²) in [6, 6.07) is 10.3. The molecule has 0 saturated carbocycles. The van der Waals surface area contributed by atoms with Gasteiger partial charge in [-0.05, 0) is 54.2 Å². The lowest BCUT2D eigenvalue weighted by Gasteiger charge is -2.32.